The number of rotatable bonds is 6. The Kier molecular flexibility index (Phi) is 5.15. The summed E-state index contributed by atoms with van der Waals surface area (Å²) < 4.78 is 34.3. The maximum Gasteiger partial charge on any atom is 0.294 e. The van der Waals surface area contributed by atoms with Crippen LogP contribution in [-0.4, -0.2) is 25.4 Å². The Bertz CT molecular complexity index is 1160. The van der Waals surface area contributed by atoms with Crippen LogP contribution in [-0.2, 0) is 21.4 Å². The quantitative estimate of drug-likeness (QED) is 0.668. The van der Waals surface area contributed by atoms with E-state index in [0.29, 0.717) is 5.39 Å². The Balaban J connectivity index is 1.79. The van der Waals surface area contributed by atoms with Crippen molar-refractivity contribution in [3.8, 4) is 0 Å². The first kappa shape index (κ1) is 18.9. The molecule has 142 valence electrons. The normalized spacial score (nSPS) is 11.6. The Hall–Kier alpha value is -2.91. The molecule has 0 saturated carbocycles. The molecule has 1 amide bonds. The Morgan fingerprint density at radius 2 is 2.00 bits per heavy atom. The van der Waals surface area contributed by atoms with Crippen molar-refractivity contribution >= 4 is 32.6 Å². The Labute approximate surface area is 155 Å². The topological polar surface area (TPSA) is 110 Å². The van der Waals surface area contributed by atoms with Crippen LogP contribution in [0.1, 0.15) is 12.5 Å². The van der Waals surface area contributed by atoms with Gasteiger partial charge in [0, 0.05) is 31.6 Å². The van der Waals surface area contributed by atoms with Gasteiger partial charge in [0.05, 0.1) is 12.0 Å². The summed E-state index contributed by atoms with van der Waals surface area (Å²) in [5, 5.41) is 3.21. The predicted molar refractivity (Wildman–Crippen MR) is 101 cm³/mol. The lowest BCUT2D eigenvalue weighted by Gasteiger charge is -2.13. The molecule has 0 aliphatic heterocycles. The van der Waals surface area contributed by atoms with Crippen LogP contribution in [0.3, 0.4) is 0 Å². The van der Waals surface area contributed by atoms with Gasteiger partial charge in [-0.05, 0) is 36.8 Å². The van der Waals surface area contributed by atoms with E-state index in [0.717, 1.165) is 5.56 Å². The summed E-state index contributed by atoms with van der Waals surface area (Å²) in [7, 11) is -3.88. The molecule has 2 heterocycles. The number of aryl methyl sites for hydroxylation is 1. The number of hydrogen-bond donors (Lipinski definition) is 2. The Morgan fingerprint density at radius 3 is 2.74 bits per heavy atom. The Morgan fingerprint density at radius 1 is 1.22 bits per heavy atom. The van der Waals surface area contributed by atoms with Crippen LogP contribution < -0.4 is 15.6 Å². The van der Waals surface area contributed by atoms with Gasteiger partial charge in [-0.2, -0.15) is 0 Å². The van der Waals surface area contributed by atoms with Crippen LogP contribution >= 0.6 is 0 Å². The van der Waals surface area contributed by atoms with Gasteiger partial charge in [-0.3, -0.25) is 9.59 Å². The zero-order valence-corrected chi connectivity index (χ0v) is 15.7. The number of sulfonamides is 1. The third-order valence-corrected chi connectivity index (χ3v) is 5.47. The van der Waals surface area contributed by atoms with Gasteiger partial charge in [0.25, 0.3) is 5.56 Å². The van der Waals surface area contributed by atoms with Crippen LogP contribution in [0, 0.1) is 6.92 Å². The van der Waals surface area contributed by atoms with Crippen molar-refractivity contribution < 1.29 is 17.6 Å². The highest BCUT2D eigenvalue weighted by atomic mass is 32.2. The van der Waals surface area contributed by atoms with E-state index in [1.54, 1.807) is 37.4 Å². The lowest BCUT2D eigenvalue weighted by atomic mass is 10.2. The maximum atomic E-state index is 12.7. The molecule has 2 aromatic heterocycles. The fourth-order valence-corrected chi connectivity index (χ4v) is 3.96. The first-order chi connectivity index (χ1) is 12.8. The SMILES string of the molecule is CC(=O)Nc1ccc(C)cc1S(=O)(=O)NCCn1ccc2ccoc2c1=O. The van der Waals surface area contributed by atoms with Crippen LogP contribution in [0.25, 0.3) is 11.0 Å². The average Bonchev–Trinajstić information content (AvgIpc) is 3.07. The molecule has 0 bridgehead atoms. The van der Waals surface area contributed by atoms with Crippen molar-refractivity contribution in [2.24, 2.45) is 0 Å². The number of nitrogens with zero attached hydrogens (tertiary/aromatic N) is 1. The summed E-state index contributed by atoms with van der Waals surface area (Å²) in [5.41, 5.74) is 0.844. The lowest BCUT2D eigenvalue weighted by molar-refractivity contribution is -0.114. The highest BCUT2D eigenvalue weighted by Crippen LogP contribution is 2.22. The molecule has 0 saturated heterocycles. The van der Waals surface area contributed by atoms with Gasteiger partial charge in [0.1, 0.15) is 4.90 Å². The molecule has 0 spiro atoms. The minimum absolute atomic E-state index is 0.00189. The fourth-order valence-electron chi connectivity index (χ4n) is 2.69. The first-order valence-electron chi connectivity index (χ1n) is 8.22. The van der Waals surface area contributed by atoms with E-state index < -0.39 is 10.0 Å². The van der Waals surface area contributed by atoms with E-state index >= 15 is 0 Å². The lowest BCUT2D eigenvalue weighted by Crippen LogP contribution is -2.31. The van der Waals surface area contributed by atoms with E-state index in [1.165, 1.54) is 23.8 Å². The second kappa shape index (κ2) is 7.37. The maximum absolute atomic E-state index is 12.7. The van der Waals surface area contributed by atoms with Crippen LogP contribution in [0.15, 0.2) is 56.9 Å². The smallest absolute Gasteiger partial charge is 0.294 e. The molecule has 0 aliphatic rings. The zero-order chi connectivity index (χ0) is 19.6. The van der Waals surface area contributed by atoms with Crippen molar-refractivity contribution in [2.45, 2.75) is 25.3 Å². The number of pyridine rings is 1. The van der Waals surface area contributed by atoms with E-state index in [-0.39, 0.29) is 40.7 Å². The second-order valence-electron chi connectivity index (χ2n) is 6.10. The van der Waals surface area contributed by atoms with E-state index in [4.69, 9.17) is 4.42 Å². The molecular weight excluding hydrogens is 370 g/mol. The van der Waals surface area contributed by atoms with Crippen molar-refractivity contribution in [2.75, 3.05) is 11.9 Å². The standard InChI is InChI=1S/C18H19N3O5S/c1-12-3-4-15(20-13(2)22)16(11-12)27(24,25)19-7-9-21-8-5-14-6-10-26-17(14)18(21)23/h3-6,8,10-11,19H,7,9H2,1-2H3,(H,20,22). The third kappa shape index (κ3) is 4.09. The number of benzene rings is 1. The van der Waals surface area contributed by atoms with E-state index in [2.05, 4.69) is 10.0 Å². The summed E-state index contributed by atoms with van der Waals surface area (Å²) in [6.45, 7) is 3.20. The van der Waals surface area contributed by atoms with Crippen LogP contribution in [0.2, 0.25) is 0 Å². The monoisotopic (exact) mass is 389 g/mol. The minimum Gasteiger partial charge on any atom is -0.459 e. The van der Waals surface area contributed by atoms with Gasteiger partial charge in [0.2, 0.25) is 15.9 Å². The molecule has 1 aromatic carbocycles. The molecule has 0 aliphatic carbocycles. The number of aromatic nitrogens is 1. The molecule has 0 radical (unpaired) electrons. The van der Waals surface area contributed by atoms with E-state index in [9.17, 15) is 18.0 Å². The van der Waals surface area contributed by atoms with Gasteiger partial charge >= 0.3 is 0 Å². The molecule has 0 fully saturated rings. The summed E-state index contributed by atoms with van der Waals surface area (Å²) >= 11 is 0. The molecule has 27 heavy (non-hydrogen) atoms. The van der Waals surface area contributed by atoms with Crippen molar-refractivity contribution in [3.05, 3.63) is 58.7 Å². The summed E-state index contributed by atoms with van der Waals surface area (Å²) in [4.78, 5) is 23.6. The molecule has 0 unspecified atom stereocenters. The number of carbonyl (C=O) groups is 1. The number of carbonyl (C=O) groups excluding carboxylic acids is 1. The third-order valence-electron chi connectivity index (χ3n) is 3.97. The zero-order valence-electron chi connectivity index (χ0n) is 14.9. The fraction of sp³-hybridized carbons (Fsp3) is 0.222. The molecular formula is C18H19N3O5S. The van der Waals surface area contributed by atoms with Crippen molar-refractivity contribution in [1.29, 1.82) is 0 Å². The van der Waals surface area contributed by atoms with Gasteiger partial charge in [-0.1, -0.05) is 6.07 Å². The molecule has 0 atom stereocenters. The summed E-state index contributed by atoms with van der Waals surface area (Å²) in [6.07, 6.45) is 3.02. The average molecular weight is 389 g/mol. The first-order valence-corrected chi connectivity index (χ1v) is 9.71. The minimum atomic E-state index is -3.88. The largest absolute Gasteiger partial charge is 0.459 e. The molecule has 3 rings (SSSR count). The molecule has 9 heteroatoms. The van der Waals surface area contributed by atoms with Crippen LogP contribution in [0.4, 0.5) is 5.69 Å². The number of fused-ring (bicyclic) bond motifs is 1. The van der Waals surface area contributed by atoms with Crippen LogP contribution in [0.5, 0.6) is 0 Å². The number of furan rings is 1. The van der Waals surface area contributed by atoms with Gasteiger partial charge in [-0.25, -0.2) is 13.1 Å². The van der Waals surface area contributed by atoms with Gasteiger partial charge in [0.15, 0.2) is 5.58 Å². The van der Waals surface area contributed by atoms with E-state index in [1.807, 2.05) is 0 Å². The number of nitrogens with one attached hydrogen (secondary N) is 2. The van der Waals surface area contributed by atoms with Gasteiger partial charge in [-0.15, -0.1) is 0 Å². The predicted octanol–water partition coefficient (Wildman–Crippen LogP) is 1.84. The molecule has 8 nitrogen and oxygen atoms in total. The number of anilines is 1. The summed E-state index contributed by atoms with van der Waals surface area (Å²) in [5.74, 6) is -0.367. The molecule has 2 N–H and O–H groups in total. The highest BCUT2D eigenvalue weighted by molar-refractivity contribution is 7.89. The van der Waals surface area contributed by atoms with Crippen molar-refractivity contribution in [1.82, 2.24) is 9.29 Å². The second-order valence-corrected chi connectivity index (χ2v) is 7.83. The number of amides is 1. The number of hydrogen-bond acceptors (Lipinski definition) is 5. The highest BCUT2D eigenvalue weighted by Gasteiger charge is 2.19. The van der Waals surface area contributed by atoms with Gasteiger partial charge < -0.3 is 14.3 Å². The summed E-state index contributed by atoms with van der Waals surface area (Å²) in [6, 6.07) is 8.15. The molecule has 3 aromatic rings. The van der Waals surface area contributed by atoms with Crippen molar-refractivity contribution in [3.63, 3.8) is 0 Å².